The first-order valence-electron chi connectivity index (χ1n) is 9.78. The number of benzene rings is 1. The lowest BCUT2D eigenvalue weighted by atomic mass is 10.1. The van der Waals surface area contributed by atoms with E-state index in [1.165, 1.54) is 18.5 Å². The van der Waals surface area contributed by atoms with E-state index in [1.54, 1.807) is 4.90 Å². The third-order valence-electron chi connectivity index (χ3n) is 5.30. The van der Waals surface area contributed by atoms with E-state index in [-0.39, 0.29) is 5.56 Å². The summed E-state index contributed by atoms with van der Waals surface area (Å²) in [4.78, 5) is 27.2. The van der Waals surface area contributed by atoms with Crippen molar-refractivity contribution in [3.63, 3.8) is 0 Å². The van der Waals surface area contributed by atoms with Crippen LogP contribution in [0.1, 0.15) is 15.9 Å². The van der Waals surface area contributed by atoms with E-state index >= 15 is 0 Å². The standard InChI is InChI=1S/C20H22F3N5O2/c21-20(22,23)16-3-1-2-15(12-16)19(29)28-6-4-26(5-7-28)17-13-18(25-14-24-17)27-8-10-30-11-9-27/h1-3,12-14H,4-11H2. The van der Waals surface area contributed by atoms with Crippen molar-refractivity contribution in [1.82, 2.24) is 14.9 Å². The number of halogens is 3. The highest BCUT2D eigenvalue weighted by atomic mass is 19.4. The predicted molar refractivity (Wildman–Crippen MR) is 105 cm³/mol. The second kappa shape index (κ2) is 8.47. The molecular formula is C20H22F3N5O2. The van der Waals surface area contributed by atoms with Crippen molar-refractivity contribution in [3.8, 4) is 0 Å². The molecule has 2 fully saturated rings. The molecule has 1 aromatic heterocycles. The molecule has 2 aliphatic rings. The maximum Gasteiger partial charge on any atom is 0.416 e. The van der Waals surface area contributed by atoms with E-state index in [0.29, 0.717) is 39.4 Å². The molecular weight excluding hydrogens is 399 g/mol. The molecule has 30 heavy (non-hydrogen) atoms. The van der Waals surface area contributed by atoms with Gasteiger partial charge in [0, 0.05) is 50.9 Å². The number of nitrogens with zero attached hydrogens (tertiary/aromatic N) is 5. The Morgan fingerprint density at radius 3 is 2.17 bits per heavy atom. The van der Waals surface area contributed by atoms with Crippen LogP contribution >= 0.6 is 0 Å². The van der Waals surface area contributed by atoms with E-state index in [0.717, 1.165) is 36.9 Å². The maximum atomic E-state index is 12.9. The average molecular weight is 421 g/mol. The first kappa shape index (κ1) is 20.4. The highest BCUT2D eigenvalue weighted by Gasteiger charge is 2.32. The summed E-state index contributed by atoms with van der Waals surface area (Å²) < 4.78 is 44.1. The van der Waals surface area contributed by atoms with Crippen molar-refractivity contribution >= 4 is 17.5 Å². The number of morpholine rings is 1. The van der Waals surface area contributed by atoms with Crippen LogP contribution in [0.15, 0.2) is 36.7 Å². The molecule has 2 saturated heterocycles. The number of aromatic nitrogens is 2. The van der Waals surface area contributed by atoms with Gasteiger partial charge in [-0.1, -0.05) is 6.07 Å². The van der Waals surface area contributed by atoms with Gasteiger partial charge in [-0.2, -0.15) is 13.2 Å². The van der Waals surface area contributed by atoms with Crippen LogP contribution in [0.2, 0.25) is 0 Å². The number of anilines is 2. The van der Waals surface area contributed by atoms with Crippen molar-refractivity contribution in [3.05, 3.63) is 47.8 Å². The van der Waals surface area contributed by atoms with Crippen LogP contribution in [0.3, 0.4) is 0 Å². The summed E-state index contributed by atoms with van der Waals surface area (Å²) >= 11 is 0. The largest absolute Gasteiger partial charge is 0.416 e. The van der Waals surface area contributed by atoms with Crippen LogP contribution in [0, 0.1) is 0 Å². The van der Waals surface area contributed by atoms with E-state index in [1.807, 2.05) is 6.07 Å². The van der Waals surface area contributed by atoms with E-state index in [9.17, 15) is 18.0 Å². The Kier molecular flexibility index (Phi) is 5.76. The van der Waals surface area contributed by atoms with Gasteiger partial charge in [-0.3, -0.25) is 4.79 Å². The Morgan fingerprint density at radius 1 is 0.900 bits per heavy atom. The van der Waals surface area contributed by atoms with Crippen molar-refractivity contribution in [2.75, 3.05) is 62.3 Å². The third-order valence-corrected chi connectivity index (χ3v) is 5.30. The number of carbonyl (C=O) groups excluding carboxylic acids is 1. The molecule has 2 aliphatic heterocycles. The minimum absolute atomic E-state index is 0.0508. The number of amides is 1. The van der Waals surface area contributed by atoms with Gasteiger partial charge in [-0.15, -0.1) is 0 Å². The third kappa shape index (κ3) is 4.48. The van der Waals surface area contributed by atoms with Gasteiger partial charge in [-0.05, 0) is 18.2 Å². The molecule has 0 saturated carbocycles. The minimum Gasteiger partial charge on any atom is -0.378 e. The number of carbonyl (C=O) groups is 1. The van der Waals surface area contributed by atoms with Crippen molar-refractivity contribution in [1.29, 1.82) is 0 Å². The molecule has 4 rings (SSSR count). The van der Waals surface area contributed by atoms with Crippen LogP contribution in [-0.2, 0) is 10.9 Å². The van der Waals surface area contributed by atoms with Gasteiger partial charge in [0.25, 0.3) is 5.91 Å². The molecule has 0 bridgehead atoms. The van der Waals surface area contributed by atoms with Crippen molar-refractivity contribution in [2.24, 2.45) is 0 Å². The second-order valence-corrected chi connectivity index (χ2v) is 7.19. The van der Waals surface area contributed by atoms with Gasteiger partial charge < -0.3 is 19.4 Å². The molecule has 10 heteroatoms. The molecule has 160 valence electrons. The van der Waals surface area contributed by atoms with Crippen molar-refractivity contribution in [2.45, 2.75) is 6.18 Å². The number of alkyl halides is 3. The first-order chi connectivity index (χ1) is 14.4. The van der Waals surface area contributed by atoms with E-state index < -0.39 is 17.6 Å². The van der Waals surface area contributed by atoms with Crippen LogP contribution in [0.4, 0.5) is 24.8 Å². The SMILES string of the molecule is O=C(c1cccc(C(F)(F)F)c1)N1CCN(c2cc(N3CCOCC3)ncn2)CC1. The molecule has 0 unspecified atom stereocenters. The molecule has 2 aromatic rings. The maximum absolute atomic E-state index is 12.9. The van der Waals surface area contributed by atoms with Crippen LogP contribution < -0.4 is 9.80 Å². The van der Waals surface area contributed by atoms with Crippen molar-refractivity contribution < 1.29 is 22.7 Å². The lowest BCUT2D eigenvalue weighted by molar-refractivity contribution is -0.137. The number of hydrogen-bond donors (Lipinski definition) is 0. The molecule has 3 heterocycles. The fraction of sp³-hybridized carbons (Fsp3) is 0.450. The summed E-state index contributed by atoms with van der Waals surface area (Å²) in [6.07, 6.45) is -2.94. The minimum atomic E-state index is -4.47. The van der Waals surface area contributed by atoms with Gasteiger partial charge in [0.15, 0.2) is 0 Å². The van der Waals surface area contributed by atoms with Crippen LogP contribution in [0.5, 0.6) is 0 Å². The molecule has 0 N–H and O–H groups in total. The summed E-state index contributed by atoms with van der Waals surface area (Å²) in [7, 11) is 0. The number of piperazine rings is 1. The lowest BCUT2D eigenvalue weighted by Gasteiger charge is -2.36. The number of rotatable bonds is 3. The fourth-order valence-corrected chi connectivity index (χ4v) is 3.63. The zero-order valence-corrected chi connectivity index (χ0v) is 16.3. The normalized spacial score (nSPS) is 17.9. The highest BCUT2D eigenvalue weighted by Crippen LogP contribution is 2.30. The number of hydrogen-bond acceptors (Lipinski definition) is 6. The molecule has 1 amide bonds. The molecule has 0 aliphatic carbocycles. The Bertz CT molecular complexity index is 894. The van der Waals surface area contributed by atoms with Crippen LogP contribution in [-0.4, -0.2) is 73.3 Å². The summed E-state index contributed by atoms with van der Waals surface area (Å²) in [5.41, 5.74) is -0.765. The zero-order chi connectivity index (χ0) is 21.1. The van der Waals surface area contributed by atoms with Gasteiger partial charge in [0.2, 0.25) is 0 Å². The summed E-state index contributed by atoms with van der Waals surface area (Å²) in [5.74, 6) is 1.22. The molecule has 1 aromatic carbocycles. The lowest BCUT2D eigenvalue weighted by Crippen LogP contribution is -2.49. The van der Waals surface area contributed by atoms with E-state index in [2.05, 4.69) is 19.8 Å². The molecule has 0 atom stereocenters. The molecule has 7 nitrogen and oxygen atoms in total. The smallest absolute Gasteiger partial charge is 0.378 e. The second-order valence-electron chi connectivity index (χ2n) is 7.19. The van der Waals surface area contributed by atoms with Gasteiger partial charge >= 0.3 is 6.18 Å². The Morgan fingerprint density at radius 2 is 1.53 bits per heavy atom. The average Bonchev–Trinajstić information content (AvgIpc) is 2.79. The van der Waals surface area contributed by atoms with Gasteiger partial charge in [0.1, 0.15) is 18.0 Å². The quantitative estimate of drug-likeness (QED) is 0.758. The van der Waals surface area contributed by atoms with Gasteiger partial charge in [-0.25, -0.2) is 9.97 Å². The Labute approximate surface area is 172 Å². The van der Waals surface area contributed by atoms with Gasteiger partial charge in [0.05, 0.1) is 18.8 Å². The zero-order valence-electron chi connectivity index (χ0n) is 16.3. The summed E-state index contributed by atoms with van der Waals surface area (Å²) in [6.45, 7) is 4.78. The predicted octanol–water partition coefficient (Wildman–Crippen LogP) is 2.29. The van der Waals surface area contributed by atoms with Crippen LogP contribution in [0.25, 0.3) is 0 Å². The Hall–Kier alpha value is -2.88. The molecule has 0 spiro atoms. The highest BCUT2D eigenvalue weighted by molar-refractivity contribution is 5.94. The Balaban J connectivity index is 1.40. The first-order valence-corrected chi connectivity index (χ1v) is 9.78. The summed E-state index contributed by atoms with van der Waals surface area (Å²) in [6, 6.07) is 6.49. The summed E-state index contributed by atoms with van der Waals surface area (Å²) in [5, 5.41) is 0. The monoisotopic (exact) mass is 421 g/mol. The topological polar surface area (TPSA) is 61.8 Å². The molecule has 0 radical (unpaired) electrons. The fourth-order valence-electron chi connectivity index (χ4n) is 3.63. The van der Waals surface area contributed by atoms with E-state index in [4.69, 9.17) is 4.74 Å². The number of ether oxygens (including phenoxy) is 1.